The van der Waals surface area contributed by atoms with Gasteiger partial charge >= 0.3 is 71.1 Å². The van der Waals surface area contributed by atoms with Gasteiger partial charge in [-0.2, -0.15) is 9.97 Å². The molecule has 2 heterocycles. The fraction of sp³-hybridized carbons (Fsp3) is 0.211. The molecule has 0 spiro atoms. The van der Waals surface area contributed by atoms with Crippen LogP contribution in [0.1, 0.15) is 31.7 Å². The van der Waals surface area contributed by atoms with Crippen molar-refractivity contribution in [3.63, 3.8) is 0 Å². The Morgan fingerprint density at radius 3 is 2.32 bits per heavy atom. The Morgan fingerprint density at radius 2 is 1.71 bits per heavy atom. The number of nitrogen functional groups attached to an aromatic ring is 2. The molecule has 0 aliphatic rings. The summed E-state index contributed by atoms with van der Waals surface area (Å²) in [5.41, 5.74) is 13.4. The van der Waals surface area contributed by atoms with Gasteiger partial charge in [-0.1, -0.05) is 0 Å². The zero-order valence-corrected chi connectivity index (χ0v) is 22.6. The smallest absolute Gasteiger partial charge is 1.00 e. The number of amides is 1. The molecule has 3 rings (SSSR count). The van der Waals surface area contributed by atoms with Crippen LogP contribution >= 0.6 is 0 Å². The first-order chi connectivity index (χ1) is 15.2. The molecule has 8 N–H and O–H groups in total. The Kier molecular flexibility index (Phi) is 11.6. The largest absolute Gasteiger partial charge is 1.00 e. The molecule has 3 aromatic rings. The van der Waals surface area contributed by atoms with Gasteiger partial charge in [0.1, 0.15) is 6.04 Å². The quantitative estimate of drug-likeness (QED) is 0.155. The van der Waals surface area contributed by atoms with Crippen molar-refractivity contribution in [2.45, 2.75) is 25.4 Å². The number of carboxylic acids is 2. The normalized spacial score (nSPS) is 10.9. The van der Waals surface area contributed by atoms with E-state index in [0.29, 0.717) is 23.4 Å². The summed E-state index contributed by atoms with van der Waals surface area (Å²) >= 11 is 0. The van der Waals surface area contributed by atoms with Crippen LogP contribution in [0.15, 0.2) is 30.5 Å². The summed E-state index contributed by atoms with van der Waals surface area (Å²) in [7, 11) is 0. The zero-order chi connectivity index (χ0) is 23.3. The second kappa shape index (κ2) is 13.4. The number of hydrogen-bond donors (Lipinski definition) is 6. The molecule has 170 valence electrons. The van der Waals surface area contributed by atoms with Crippen LogP contribution in [0.2, 0.25) is 0 Å². The summed E-state index contributed by atoms with van der Waals surface area (Å²) in [6.07, 6.45) is 0.931. The van der Waals surface area contributed by atoms with Crippen molar-refractivity contribution >= 4 is 46.5 Å². The first-order valence-electron chi connectivity index (χ1n) is 9.37. The maximum atomic E-state index is 12.3. The second-order valence-corrected chi connectivity index (χ2v) is 6.73. The molecule has 0 aliphatic heterocycles. The van der Waals surface area contributed by atoms with Crippen molar-refractivity contribution in [2.75, 3.05) is 16.8 Å². The molecule has 1 aromatic carbocycles. The number of nitrogens with one attached hydrogen (secondary N) is 2. The molecule has 13 nitrogen and oxygen atoms in total. The standard InChI is InChI=1S/C19H20N8O5.2Na.2H/c20-15-14-16(27-19(21)26-15)23-8-11(24-14)7-22-10-3-1-9(2-4-10)17(30)25-12(18(31)32)5-6-13(28)29;;;;/h1-4,8,12,22H,5-7H2,(H,25,30)(H,28,29)(H,31,32)(H4,20,21,23,26,27);;;;/q;2*+1;2*-1. The maximum Gasteiger partial charge on any atom is 1.00 e. The molecule has 1 unspecified atom stereocenters. The zero-order valence-electron chi connectivity index (χ0n) is 20.6. The molecule has 1 atom stereocenters. The van der Waals surface area contributed by atoms with Gasteiger partial charge in [0.05, 0.1) is 18.4 Å². The number of nitrogens with two attached hydrogens (primary N) is 2. The van der Waals surface area contributed by atoms with E-state index in [1.54, 1.807) is 12.1 Å². The number of fused-ring (bicyclic) bond motifs is 1. The molecular weight excluding hydrogens is 466 g/mol. The van der Waals surface area contributed by atoms with E-state index in [0.717, 1.165) is 0 Å². The summed E-state index contributed by atoms with van der Waals surface area (Å²) in [6, 6.07) is 4.99. The fourth-order valence-electron chi connectivity index (χ4n) is 2.77. The third-order valence-electron chi connectivity index (χ3n) is 4.37. The van der Waals surface area contributed by atoms with Crippen molar-refractivity contribution in [1.82, 2.24) is 25.3 Å². The van der Waals surface area contributed by atoms with Crippen LogP contribution in [0.4, 0.5) is 17.5 Å². The third kappa shape index (κ3) is 8.04. The Bertz CT molecular complexity index is 1190. The molecule has 0 saturated heterocycles. The van der Waals surface area contributed by atoms with E-state index < -0.39 is 23.9 Å². The van der Waals surface area contributed by atoms with Crippen LogP contribution in [-0.2, 0) is 16.1 Å². The van der Waals surface area contributed by atoms with E-state index in [4.69, 9.17) is 21.7 Å². The average molecular weight is 488 g/mol. The van der Waals surface area contributed by atoms with Crippen LogP contribution in [0.25, 0.3) is 11.2 Å². The van der Waals surface area contributed by atoms with Crippen molar-refractivity contribution in [2.24, 2.45) is 0 Å². The molecule has 1 amide bonds. The Labute approximate surface area is 240 Å². The van der Waals surface area contributed by atoms with Crippen LogP contribution in [0.3, 0.4) is 0 Å². The predicted octanol–water partition coefficient (Wildman–Crippen LogP) is -5.52. The molecule has 2 aromatic heterocycles. The molecule has 34 heavy (non-hydrogen) atoms. The molecule has 0 saturated carbocycles. The van der Waals surface area contributed by atoms with Crippen LogP contribution < -0.4 is 81.2 Å². The number of nitrogens with zero attached hydrogens (tertiary/aromatic N) is 4. The number of aliphatic carboxylic acids is 2. The fourth-order valence-corrected chi connectivity index (χ4v) is 2.77. The number of aromatic nitrogens is 4. The van der Waals surface area contributed by atoms with Gasteiger partial charge in [0, 0.05) is 17.7 Å². The van der Waals surface area contributed by atoms with Crippen molar-refractivity contribution in [3.8, 4) is 0 Å². The van der Waals surface area contributed by atoms with Crippen LogP contribution in [0, 0.1) is 0 Å². The minimum atomic E-state index is -1.30. The molecule has 15 heteroatoms. The number of anilines is 3. The summed E-state index contributed by atoms with van der Waals surface area (Å²) in [5.74, 6) is -2.93. The van der Waals surface area contributed by atoms with Gasteiger partial charge in [-0.15, -0.1) is 0 Å². The van der Waals surface area contributed by atoms with Gasteiger partial charge in [0.2, 0.25) is 5.95 Å². The first kappa shape index (κ1) is 29.5. The van der Waals surface area contributed by atoms with E-state index in [2.05, 4.69) is 30.6 Å². The first-order valence-corrected chi connectivity index (χ1v) is 9.37. The number of benzene rings is 1. The SMILES string of the molecule is Nc1nc(N)c2nc(CNc3ccc(C(=O)NC(CCC(=O)O)C(=O)O)cc3)cnc2n1.[H-].[H-].[Na+].[Na+]. The summed E-state index contributed by atoms with van der Waals surface area (Å²) < 4.78 is 0. The van der Waals surface area contributed by atoms with E-state index in [-0.39, 0.29) is 97.8 Å². The Hall–Kier alpha value is -2.55. The Morgan fingerprint density at radius 1 is 1.03 bits per heavy atom. The van der Waals surface area contributed by atoms with E-state index >= 15 is 0 Å². The number of carboxylic acid groups (broad SMARTS) is 2. The van der Waals surface area contributed by atoms with Crippen LogP contribution in [0.5, 0.6) is 0 Å². The van der Waals surface area contributed by atoms with Gasteiger partial charge in [0.25, 0.3) is 5.91 Å². The van der Waals surface area contributed by atoms with E-state index in [1.807, 2.05) is 0 Å². The van der Waals surface area contributed by atoms with Gasteiger partial charge in [0.15, 0.2) is 17.0 Å². The van der Waals surface area contributed by atoms with Gasteiger partial charge < -0.3 is 35.2 Å². The van der Waals surface area contributed by atoms with Crippen LogP contribution in [-0.4, -0.2) is 54.0 Å². The van der Waals surface area contributed by atoms with E-state index in [1.165, 1.54) is 18.3 Å². The van der Waals surface area contributed by atoms with Gasteiger partial charge in [-0.05, 0) is 30.7 Å². The summed E-state index contributed by atoms with van der Waals surface area (Å²) in [6.45, 7) is 0.300. The third-order valence-corrected chi connectivity index (χ3v) is 4.37. The summed E-state index contributed by atoms with van der Waals surface area (Å²) in [4.78, 5) is 50.5. The minimum absolute atomic E-state index is 0. The van der Waals surface area contributed by atoms with E-state index in [9.17, 15) is 14.4 Å². The van der Waals surface area contributed by atoms with Gasteiger partial charge in [-0.3, -0.25) is 9.59 Å². The molecule has 0 radical (unpaired) electrons. The molecular formula is C19H22N8Na2O5. The second-order valence-electron chi connectivity index (χ2n) is 6.73. The average Bonchev–Trinajstić information content (AvgIpc) is 2.75. The Balaban J connectivity index is 0. The molecule has 0 aliphatic carbocycles. The molecule has 0 bridgehead atoms. The monoisotopic (exact) mass is 488 g/mol. The number of carbonyl (C=O) groups is 3. The van der Waals surface area contributed by atoms with Crippen molar-refractivity contribution in [1.29, 1.82) is 0 Å². The van der Waals surface area contributed by atoms with Crippen molar-refractivity contribution < 1.29 is 86.6 Å². The predicted molar refractivity (Wildman–Crippen MR) is 116 cm³/mol. The number of hydrogen-bond acceptors (Lipinski definition) is 10. The maximum absolute atomic E-state index is 12.3. The van der Waals surface area contributed by atoms with Crippen molar-refractivity contribution in [3.05, 3.63) is 41.7 Å². The minimum Gasteiger partial charge on any atom is -1.00 e. The summed E-state index contributed by atoms with van der Waals surface area (Å²) in [5, 5.41) is 23.3. The number of carbonyl (C=O) groups excluding carboxylic acids is 1. The molecule has 0 fully saturated rings. The topological polar surface area (TPSA) is 219 Å². The number of rotatable bonds is 9. The van der Waals surface area contributed by atoms with Gasteiger partial charge in [-0.25, -0.2) is 14.8 Å².